The van der Waals surface area contributed by atoms with Crippen molar-refractivity contribution < 1.29 is 4.74 Å². The predicted octanol–water partition coefficient (Wildman–Crippen LogP) is 2.99. The molecule has 2 aromatic rings. The van der Waals surface area contributed by atoms with Gasteiger partial charge in [0.25, 0.3) is 0 Å². The summed E-state index contributed by atoms with van der Waals surface area (Å²) in [6, 6.07) is 12.5. The van der Waals surface area contributed by atoms with Crippen LogP contribution in [-0.2, 0) is 0 Å². The van der Waals surface area contributed by atoms with Crippen LogP contribution < -0.4 is 10.5 Å². The van der Waals surface area contributed by atoms with Gasteiger partial charge in [0, 0.05) is 29.4 Å². The second-order valence-electron chi connectivity index (χ2n) is 4.71. The van der Waals surface area contributed by atoms with Gasteiger partial charge in [0.05, 0.1) is 7.11 Å². The molecule has 1 saturated carbocycles. The minimum Gasteiger partial charge on any atom is -0.497 e. The largest absolute Gasteiger partial charge is 0.497 e. The first-order valence-electron chi connectivity index (χ1n) is 6.14. The van der Waals surface area contributed by atoms with E-state index in [1.54, 1.807) is 7.11 Å². The fourth-order valence-corrected chi connectivity index (χ4v) is 2.15. The lowest BCUT2D eigenvalue weighted by molar-refractivity contribution is 0.415. The first-order chi connectivity index (χ1) is 8.78. The van der Waals surface area contributed by atoms with Crippen LogP contribution >= 0.6 is 12.4 Å². The van der Waals surface area contributed by atoms with Crippen LogP contribution in [0.25, 0.3) is 11.1 Å². The van der Waals surface area contributed by atoms with Crippen LogP contribution in [0.5, 0.6) is 5.75 Å². The molecule has 1 heterocycles. The van der Waals surface area contributed by atoms with Gasteiger partial charge in [-0.25, -0.2) is 0 Å². The predicted molar refractivity (Wildman–Crippen MR) is 78.8 cm³/mol. The van der Waals surface area contributed by atoms with Crippen LogP contribution in [0.2, 0.25) is 0 Å². The number of pyridine rings is 1. The van der Waals surface area contributed by atoms with Crippen LogP contribution in [0.15, 0.2) is 42.6 Å². The topological polar surface area (TPSA) is 48.1 Å². The fraction of sp³-hybridized carbons (Fsp3) is 0.267. The van der Waals surface area contributed by atoms with Gasteiger partial charge < -0.3 is 10.5 Å². The van der Waals surface area contributed by atoms with E-state index in [1.807, 2.05) is 24.4 Å². The highest BCUT2D eigenvalue weighted by Crippen LogP contribution is 2.38. The average molecular weight is 277 g/mol. The van der Waals surface area contributed by atoms with Crippen LogP contribution in [0.1, 0.15) is 18.0 Å². The minimum absolute atomic E-state index is 0. The molecule has 4 heteroatoms. The Hall–Kier alpha value is -1.58. The minimum atomic E-state index is 0. The van der Waals surface area contributed by atoms with Crippen molar-refractivity contribution in [1.82, 2.24) is 4.98 Å². The molecule has 2 atom stereocenters. The van der Waals surface area contributed by atoms with Crippen molar-refractivity contribution in [2.45, 2.75) is 18.4 Å². The maximum Gasteiger partial charge on any atom is 0.119 e. The summed E-state index contributed by atoms with van der Waals surface area (Å²) >= 11 is 0. The molecule has 3 nitrogen and oxygen atoms in total. The monoisotopic (exact) mass is 276 g/mol. The Morgan fingerprint density at radius 2 is 2.00 bits per heavy atom. The maximum atomic E-state index is 5.83. The van der Waals surface area contributed by atoms with Gasteiger partial charge in [-0.15, -0.1) is 12.4 Å². The zero-order valence-corrected chi connectivity index (χ0v) is 11.6. The Labute approximate surface area is 119 Å². The molecule has 0 saturated heterocycles. The molecule has 0 bridgehead atoms. The van der Waals surface area contributed by atoms with Crippen molar-refractivity contribution in [2.75, 3.05) is 7.11 Å². The summed E-state index contributed by atoms with van der Waals surface area (Å²) < 4.78 is 5.23. The summed E-state index contributed by atoms with van der Waals surface area (Å²) in [5.41, 5.74) is 9.16. The van der Waals surface area contributed by atoms with Crippen molar-refractivity contribution in [1.29, 1.82) is 0 Å². The number of benzene rings is 1. The fourth-order valence-electron chi connectivity index (χ4n) is 2.15. The molecule has 19 heavy (non-hydrogen) atoms. The third kappa shape index (κ3) is 2.88. The van der Waals surface area contributed by atoms with Gasteiger partial charge in [0.1, 0.15) is 5.75 Å². The van der Waals surface area contributed by atoms with Crippen LogP contribution in [0.4, 0.5) is 0 Å². The number of aromatic nitrogens is 1. The summed E-state index contributed by atoms with van der Waals surface area (Å²) in [6.07, 6.45) is 2.97. The first-order valence-corrected chi connectivity index (χ1v) is 6.14. The molecule has 1 aromatic heterocycles. The summed E-state index contributed by atoms with van der Waals surface area (Å²) in [4.78, 5) is 4.50. The molecule has 0 unspecified atom stereocenters. The normalized spacial score (nSPS) is 20.5. The summed E-state index contributed by atoms with van der Waals surface area (Å²) in [5.74, 6) is 1.32. The van der Waals surface area contributed by atoms with E-state index in [1.165, 1.54) is 0 Å². The molecule has 0 spiro atoms. The Bertz CT molecular complexity index is 556. The second-order valence-corrected chi connectivity index (χ2v) is 4.71. The molecule has 1 aliphatic rings. The lowest BCUT2D eigenvalue weighted by Gasteiger charge is -2.05. The number of hydrogen-bond acceptors (Lipinski definition) is 3. The SMILES string of the molecule is COc1cccc(-c2ccc([C@H]3C[C@@H]3N)nc2)c1.Cl. The number of hydrogen-bond donors (Lipinski definition) is 1. The molecule has 0 radical (unpaired) electrons. The van der Waals surface area contributed by atoms with E-state index in [-0.39, 0.29) is 12.4 Å². The van der Waals surface area contributed by atoms with E-state index >= 15 is 0 Å². The Kier molecular flexibility index (Phi) is 4.08. The molecule has 3 rings (SSSR count). The molecule has 1 aromatic carbocycles. The lowest BCUT2D eigenvalue weighted by atomic mass is 10.1. The number of methoxy groups -OCH3 is 1. The molecule has 2 N–H and O–H groups in total. The third-order valence-corrected chi connectivity index (χ3v) is 3.41. The van der Waals surface area contributed by atoms with Gasteiger partial charge >= 0.3 is 0 Å². The highest BCUT2D eigenvalue weighted by Gasteiger charge is 2.35. The molecule has 1 aliphatic carbocycles. The van der Waals surface area contributed by atoms with Crippen molar-refractivity contribution in [3.05, 3.63) is 48.3 Å². The van der Waals surface area contributed by atoms with Gasteiger partial charge in [-0.1, -0.05) is 18.2 Å². The molecule has 0 aliphatic heterocycles. The van der Waals surface area contributed by atoms with Gasteiger partial charge in [-0.2, -0.15) is 0 Å². The number of nitrogens with zero attached hydrogens (tertiary/aromatic N) is 1. The van der Waals surface area contributed by atoms with Gasteiger partial charge in [-0.05, 0) is 30.2 Å². The Morgan fingerprint density at radius 1 is 1.21 bits per heavy atom. The number of rotatable bonds is 3. The highest BCUT2D eigenvalue weighted by atomic mass is 35.5. The summed E-state index contributed by atoms with van der Waals surface area (Å²) in [7, 11) is 1.68. The molecule has 1 fully saturated rings. The highest BCUT2D eigenvalue weighted by molar-refractivity contribution is 5.85. The van der Waals surface area contributed by atoms with Crippen molar-refractivity contribution in [2.24, 2.45) is 5.73 Å². The van der Waals surface area contributed by atoms with Gasteiger partial charge in [-0.3, -0.25) is 4.98 Å². The Balaban J connectivity index is 0.00000133. The smallest absolute Gasteiger partial charge is 0.119 e. The molecular formula is C15H17ClN2O. The molecule has 100 valence electrons. The average Bonchev–Trinajstić information content (AvgIpc) is 3.16. The summed E-state index contributed by atoms with van der Waals surface area (Å²) in [5, 5.41) is 0. The number of ether oxygens (including phenoxy) is 1. The zero-order chi connectivity index (χ0) is 12.5. The third-order valence-electron chi connectivity index (χ3n) is 3.41. The van der Waals surface area contributed by atoms with E-state index in [2.05, 4.69) is 23.2 Å². The van der Waals surface area contributed by atoms with Gasteiger partial charge in [0.15, 0.2) is 0 Å². The molecular weight excluding hydrogens is 260 g/mol. The number of halogens is 1. The van der Waals surface area contributed by atoms with Crippen molar-refractivity contribution in [3.8, 4) is 16.9 Å². The van der Waals surface area contributed by atoms with Crippen LogP contribution in [0, 0.1) is 0 Å². The standard InChI is InChI=1S/C15H16N2O.ClH/c1-18-12-4-2-3-10(7-12)11-5-6-15(17-9-11)13-8-14(13)16;/h2-7,9,13-14H,8,16H2,1H3;1H/t13-,14-;/m0./s1. The van der Waals surface area contributed by atoms with Gasteiger partial charge in [0.2, 0.25) is 0 Å². The summed E-state index contributed by atoms with van der Waals surface area (Å²) in [6.45, 7) is 0. The van der Waals surface area contributed by atoms with E-state index in [9.17, 15) is 0 Å². The van der Waals surface area contributed by atoms with Crippen LogP contribution in [-0.4, -0.2) is 18.1 Å². The second kappa shape index (κ2) is 5.59. The zero-order valence-electron chi connectivity index (χ0n) is 10.7. The van der Waals surface area contributed by atoms with Crippen molar-refractivity contribution >= 4 is 12.4 Å². The first kappa shape index (κ1) is 13.8. The molecule has 0 amide bonds. The van der Waals surface area contributed by atoms with E-state index < -0.39 is 0 Å². The van der Waals surface area contributed by atoms with Crippen molar-refractivity contribution in [3.63, 3.8) is 0 Å². The Morgan fingerprint density at radius 3 is 2.58 bits per heavy atom. The number of nitrogens with two attached hydrogens (primary N) is 1. The van der Waals surface area contributed by atoms with E-state index in [0.717, 1.165) is 29.0 Å². The quantitative estimate of drug-likeness (QED) is 0.937. The lowest BCUT2D eigenvalue weighted by Crippen LogP contribution is -2.01. The van der Waals surface area contributed by atoms with Crippen LogP contribution in [0.3, 0.4) is 0 Å². The van der Waals surface area contributed by atoms with E-state index in [4.69, 9.17) is 10.5 Å². The maximum absolute atomic E-state index is 5.83. The van der Waals surface area contributed by atoms with E-state index in [0.29, 0.717) is 12.0 Å².